The molecule has 6 nitrogen and oxygen atoms in total. The molecule has 0 atom stereocenters. The number of hydrogen-bond acceptors (Lipinski definition) is 4. The Labute approximate surface area is 110 Å². The average Bonchev–Trinajstić information content (AvgIpc) is 2.69. The monoisotopic (exact) mass is 315 g/mol. The molecule has 1 heterocycles. The molecule has 17 heavy (non-hydrogen) atoms. The van der Waals surface area contributed by atoms with Crippen molar-refractivity contribution in [2.45, 2.75) is 0 Å². The molecule has 0 aliphatic rings. The largest absolute Gasteiger partial charge is 0.366 e. The number of aromatic amines is 1. The first-order valence-electron chi connectivity index (χ1n) is 4.50. The van der Waals surface area contributed by atoms with Crippen molar-refractivity contribution in [1.82, 2.24) is 15.2 Å². The van der Waals surface area contributed by atoms with Gasteiger partial charge in [-0.3, -0.25) is 9.89 Å². The molecule has 0 saturated heterocycles. The first kappa shape index (κ1) is 11.9. The minimum atomic E-state index is -0.460. The lowest BCUT2D eigenvalue weighted by Crippen LogP contribution is -2.14. The Bertz CT molecular complexity index is 570. The Morgan fingerprint density at radius 1 is 1.53 bits per heavy atom. The molecule has 0 bridgehead atoms. The van der Waals surface area contributed by atoms with E-state index in [2.05, 4.69) is 36.4 Å². The van der Waals surface area contributed by atoms with Gasteiger partial charge < -0.3 is 11.1 Å². The number of rotatable bonds is 2. The van der Waals surface area contributed by atoms with E-state index in [-0.39, 0.29) is 11.8 Å². The van der Waals surface area contributed by atoms with Crippen LogP contribution < -0.4 is 11.1 Å². The second-order valence-electron chi connectivity index (χ2n) is 3.12. The Morgan fingerprint density at radius 2 is 2.29 bits per heavy atom. The molecule has 0 saturated carbocycles. The summed E-state index contributed by atoms with van der Waals surface area (Å²) in [6.45, 7) is 0. The van der Waals surface area contributed by atoms with Gasteiger partial charge in [-0.2, -0.15) is 4.98 Å². The van der Waals surface area contributed by atoms with Gasteiger partial charge in [-0.25, -0.2) is 0 Å². The van der Waals surface area contributed by atoms with Crippen LogP contribution in [0.4, 0.5) is 11.6 Å². The van der Waals surface area contributed by atoms with Crippen LogP contribution in [0, 0.1) is 0 Å². The number of nitrogen functional groups attached to an aromatic ring is 1. The Hall–Kier alpha value is -1.60. The Morgan fingerprint density at radius 3 is 2.88 bits per heavy atom. The number of nitrogens with one attached hydrogen (secondary N) is 2. The van der Waals surface area contributed by atoms with Gasteiger partial charge in [-0.15, -0.1) is 5.10 Å². The summed E-state index contributed by atoms with van der Waals surface area (Å²) in [5.74, 6) is -0.419. The van der Waals surface area contributed by atoms with Crippen LogP contribution in [0.5, 0.6) is 0 Å². The maximum absolute atomic E-state index is 11.7. The molecule has 0 unspecified atom stereocenters. The molecule has 2 rings (SSSR count). The fourth-order valence-corrected chi connectivity index (χ4v) is 1.87. The molecule has 1 aromatic heterocycles. The van der Waals surface area contributed by atoms with Gasteiger partial charge in [-0.1, -0.05) is 27.5 Å². The number of anilines is 2. The van der Waals surface area contributed by atoms with Gasteiger partial charge in [0, 0.05) is 4.47 Å². The second-order valence-corrected chi connectivity index (χ2v) is 4.44. The number of benzene rings is 1. The van der Waals surface area contributed by atoms with Crippen LogP contribution in [-0.2, 0) is 0 Å². The van der Waals surface area contributed by atoms with Crippen LogP contribution in [-0.4, -0.2) is 21.1 Å². The Balaban J connectivity index is 2.18. The number of amides is 1. The van der Waals surface area contributed by atoms with E-state index in [9.17, 15) is 4.79 Å². The highest BCUT2D eigenvalue weighted by Gasteiger charge is 2.12. The standard InChI is InChI=1S/C9H7BrClN5O/c10-4-1-2-6(5(11)3-4)13-8(17)7-14-9(12)16-15-7/h1-3H,(H,13,17)(H3,12,14,15,16). The summed E-state index contributed by atoms with van der Waals surface area (Å²) in [5.41, 5.74) is 5.78. The summed E-state index contributed by atoms with van der Waals surface area (Å²) >= 11 is 9.22. The highest BCUT2D eigenvalue weighted by Crippen LogP contribution is 2.25. The predicted molar refractivity (Wildman–Crippen MR) is 67.9 cm³/mol. The molecule has 1 aromatic carbocycles. The van der Waals surface area contributed by atoms with E-state index in [4.69, 9.17) is 17.3 Å². The number of nitrogens with zero attached hydrogens (tertiary/aromatic N) is 2. The zero-order chi connectivity index (χ0) is 12.4. The minimum absolute atomic E-state index is 0.0112. The second kappa shape index (κ2) is 4.72. The maximum atomic E-state index is 11.7. The highest BCUT2D eigenvalue weighted by atomic mass is 79.9. The number of halogens is 2. The lowest BCUT2D eigenvalue weighted by molar-refractivity contribution is 0.101. The quantitative estimate of drug-likeness (QED) is 0.790. The molecule has 0 spiro atoms. The molecule has 88 valence electrons. The summed E-state index contributed by atoms with van der Waals surface area (Å²) < 4.78 is 0.824. The van der Waals surface area contributed by atoms with Crippen LogP contribution in [0.1, 0.15) is 10.6 Å². The summed E-state index contributed by atoms with van der Waals surface area (Å²) in [7, 11) is 0. The van der Waals surface area contributed by atoms with Crippen molar-refractivity contribution in [3.8, 4) is 0 Å². The summed E-state index contributed by atoms with van der Waals surface area (Å²) in [5, 5.41) is 8.96. The van der Waals surface area contributed by atoms with Crippen LogP contribution in [0.3, 0.4) is 0 Å². The van der Waals surface area contributed by atoms with Crippen LogP contribution in [0.15, 0.2) is 22.7 Å². The van der Waals surface area contributed by atoms with E-state index in [1.165, 1.54) is 0 Å². The Kier molecular flexibility index (Phi) is 3.30. The van der Waals surface area contributed by atoms with Gasteiger partial charge in [0.15, 0.2) is 0 Å². The number of hydrogen-bond donors (Lipinski definition) is 3. The van der Waals surface area contributed by atoms with Crippen molar-refractivity contribution in [3.63, 3.8) is 0 Å². The number of nitrogens with two attached hydrogens (primary N) is 1. The van der Waals surface area contributed by atoms with Crippen LogP contribution >= 0.6 is 27.5 Å². The van der Waals surface area contributed by atoms with Gasteiger partial charge >= 0.3 is 0 Å². The minimum Gasteiger partial charge on any atom is -0.366 e. The van der Waals surface area contributed by atoms with E-state index in [0.717, 1.165) is 4.47 Å². The normalized spacial score (nSPS) is 10.2. The van der Waals surface area contributed by atoms with Crippen LogP contribution in [0.2, 0.25) is 5.02 Å². The van der Waals surface area contributed by atoms with Crippen molar-refractivity contribution < 1.29 is 4.79 Å². The van der Waals surface area contributed by atoms with Gasteiger partial charge in [0.25, 0.3) is 5.91 Å². The molecule has 0 aliphatic carbocycles. The number of carbonyl (C=O) groups excluding carboxylic acids is 1. The van der Waals surface area contributed by atoms with Gasteiger partial charge in [-0.05, 0) is 18.2 Å². The third-order valence-electron chi connectivity index (χ3n) is 1.90. The summed E-state index contributed by atoms with van der Waals surface area (Å²) in [6, 6.07) is 5.10. The molecule has 0 radical (unpaired) electrons. The van der Waals surface area contributed by atoms with Gasteiger partial charge in [0.1, 0.15) is 0 Å². The van der Waals surface area contributed by atoms with E-state index in [0.29, 0.717) is 10.7 Å². The summed E-state index contributed by atoms with van der Waals surface area (Å²) in [4.78, 5) is 15.4. The van der Waals surface area contributed by atoms with Crippen molar-refractivity contribution in [3.05, 3.63) is 33.5 Å². The van der Waals surface area contributed by atoms with Crippen molar-refractivity contribution in [1.29, 1.82) is 0 Å². The van der Waals surface area contributed by atoms with E-state index in [1.807, 2.05) is 0 Å². The zero-order valence-corrected chi connectivity index (χ0v) is 10.7. The SMILES string of the molecule is Nc1n[nH]c(C(=O)Nc2ccc(Br)cc2Cl)n1. The van der Waals surface area contributed by atoms with E-state index in [1.54, 1.807) is 18.2 Å². The maximum Gasteiger partial charge on any atom is 0.293 e. The average molecular weight is 317 g/mol. The summed E-state index contributed by atoms with van der Waals surface area (Å²) in [6.07, 6.45) is 0. The molecular weight excluding hydrogens is 309 g/mol. The molecule has 0 aliphatic heterocycles. The van der Waals surface area contributed by atoms with Crippen molar-refractivity contribution in [2.24, 2.45) is 0 Å². The number of aromatic nitrogens is 3. The third kappa shape index (κ3) is 2.75. The first-order valence-corrected chi connectivity index (χ1v) is 5.67. The smallest absolute Gasteiger partial charge is 0.293 e. The molecule has 4 N–H and O–H groups in total. The molecular formula is C9H7BrClN5O. The number of carbonyl (C=O) groups is 1. The lowest BCUT2D eigenvalue weighted by atomic mass is 10.3. The van der Waals surface area contributed by atoms with Crippen molar-refractivity contribution in [2.75, 3.05) is 11.1 Å². The van der Waals surface area contributed by atoms with E-state index < -0.39 is 5.91 Å². The van der Waals surface area contributed by atoms with Gasteiger partial charge in [0.05, 0.1) is 10.7 Å². The fourth-order valence-electron chi connectivity index (χ4n) is 1.15. The van der Waals surface area contributed by atoms with Crippen LogP contribution in [0.25, 0.3) is 0 Å². The molecule has 8 heteroatoms. The number of H-pyrrole nitrogens is 1. The molecule has 2 aromatic rings. The third-order valence-corrected chi connectivity index (χ3v) is 2.70. The highest BCUT2D eigenvalue weighted by molar-refractivity contribution is 9.10. The first-order chi connectivity index (χ1) is 8.06. The van der Waals surface area contributed by atoms with Crippen molar-refractivity contribution >= 4 is 45.1 Å². The lowest BCUT2D eigenvalue weighted by Gasteiger charge is -2.05. The zero-order valence-electron chi connectivity index (χ0n) is 8.37. The topological polar surface area (TPSA) is 96.7 Å². The molecule has 0 fully saturated rings. The van der Waals surface area contributed by atoms with E-state index >= 15 is 0 Å². The molecule has 1 amide bonds. The van der Waals surface area contributed by atoms with Gasteiger partial charge in [0.2, 0.25) is 11.8 Å². The fraction of sp³-hybridized carbons (Fsp3) is 0. The predicted octanol–water partition coefficient (Wildman–Crippen LogP) is 2.06.